The predicted octanol–water partition coefficient (Wildman–Crippen LogP) is -0.270. The van der Waals surface area contributed by atoms with E-state index in [1.807, 2.05) is 6.92 Å². The van der Waals surface area contributed by atoms with E-state index >= 15 is 0 Å². The number of hydrogen-bond donors (Lipinski definition) is 0. The Hall–Kier alpha value is -1.55. The topological polar surface area (TPSA) is 89.0 Å². The van der Waals surface area contributed by atoms with Crippen LogP contribution in [0, 0.1) is 6.92 Å². The number of carbonyl (C=O) groups is 1. The molecule has 3 aliphatic rings. The second kappa shape index (κ2) is 7.12. The summed E-state index contributed by atoms with van der Waals surface area (Å²) >= 11 is 0. The maximum atomic E-state index is 12.8. The Balaban J connectivity index is 1.37. The number of pyridine rings is 1. The van der Waals surface area contributed by atoms with Gasteiger partial charge in [0.15, 0.2) is 9.84 Å². The van der Waals surface area contributed by atoms with Gasteiger partial charge in [-0.3, -0.25) is 14.7 Å². The zero-order valence-corrected chi connectivity index (χ0v) is 16.3. The number of ether oxygens (including phenoxy) is 2. The number of carbonyl (C=O) groups excluding carboxylic acids is 1. The fraction of sp³-hybridized carbons (Fsp3) is 0.667. The van der Waals surface area contributed by atoms with Crippen molar-refractivity contribution in [2.75, 3.05) is 58.3 Å². The molecule has 8 nitrogen and oxygen atoms in total. The van der Waals surface area contributed by atoms with Crippen molar-refractivity contribution in [1.82, 2.24) is 14.8 Å². The molecule has 3 saturated heterocycles. The molecule has 3 aliphatic heterocycles. The standard InChI is InChI=1S/C18H25N3O5S/c1-14-2-3-19-8-16(14)17(22)21-11-18(12-21)13-27(23,24)15(10-26-18)9-20-4-6-25-7-5-20/h2-3,8,15H,4-7,9-13H2,1H3/t15-/m0/s1. The van der Waals surface area contributed by atoms with E-state index in [-0.39, 0.29) is 18.3 Å². The molecule has 0 bridgehead atoms. The van der Waals surface area contributed by atoms with Gasteiger partial charge in [-0.25, -0.2) is 8.42 Å². The van der Waals surface area contributed by atoms with Crippen LogP contribution in [0.2, 0.25) is 0 Å². The van der Waals surface area contributed by atoms with Crippen molar-refractivity contribution < 1.29 is 22.7 Å². The monoisotopic (exact) mass is 395 g/mol. The Kier molecular flexibility index (Phi) is 4.96. The molecule has 0 unspecified atom stereocenters. The van der Waals surface area contributed by atoms with Crippen molar-refractivity contribution in [2.24, 2.45) is 0 Å². The minimum Gasteiger partial charge on any atom is -0.379 e. The molecule has 27 heavy (non-hydrogen) atoms. The lowest BCUT2D eigenvalue weighted by atomic mass is 9.94. The number of rotatable bonds is 3. The van der Waals surface area contributed by atoms with Gasteiger partial charge in [-0.2, -0.15) is 0 Å². The predicted molar refractivity (Wildman–Crippen MR) is 98.4 cm³/mol. The quantitative estimate of drug-likeness (QED) is 0.696. The molecule has 148 valence electrons. The van der Waals surface area contributed by atoms with Crippen molar-refractivity contribution in [3.8, 4) is 0 Å². The van der Waals surface area contributed by atoms with Crippen LogP contribution in [0.4, 0.5) is 0 Å². The molecule has 0 saturated carbocycles. The van der Waals surface area contributed by atoms with Crippen LogP contribution < -0.4 is 0 Å². The Bertz CT molecular complexity index is 816. The van der Waals surface area contributed by atoms with Crippen LogP contribution >= 0.6 is 0 Å². The van der Waals surface area contributed by atoms with E-state index in [9.17, 15) is 13.2 Å². The molecular weight excluding hydrogens is 370 g/mol. The summed E-state index contributed by atoms with van der Waals surface area (Å²) in [6.45, 7) is 5.95. The molecule has 1 atom stereocenters. The van der Waals surface area contributed by atoms with Gasteiger partial charge < -0.3 is 14.4 Å². The number of aromatic nitrogens is 1. The molecular formula is C18H25N3O5S. The molecule has 1 aromatic rings. The van der Waals surface area contributed by atoms with Gasteiger partial charge in [-0.15, -0.1) is 0 Å². The largest absolute Gasteiger partial charge is 0.379 e. The molecule has 1 aromatic heterocycles. The summed E-state index contributed by atoms with van der Waals surface area (Å²) in [5.74, 6) is -0.146. The first-order valence-electron chi connectivity index (χ1n) is 9.24. The molecule has 0 radical (unpaired) electrons. The minimum atomic E-state index is -3.27. The van der Waals surface area contributed by atoms with E-state index in [4.69, 9.17) is 9.47 Å². The number of morpholine rings is 1. The molecule has 9 heteroatoms. The number of hydrogen-bond acceptors (Lipinski definition) is 7. The highest BCUT2D eigenvalue weighted by Gasteiger charge is 2.54. The molecule has 1 amide bonds. The second-order valence-electron chi connectivity index (χ2n) is 7.69. The van der Waals surface area contributed by atoms with Gasteiger partial charge in [0.25, 0.3) is 5.91 Å². The molecule has 0 aromatic carbocycles. The van der Waals surface area contributed by atoms with E-state index in [0.717, 1.165) is 18.7 Å². The van der Waals surface area contributed by atoms with Gasteiger partial charge in [0.2, 0.25) is 0 Å². The summed E-state index contributed by atoms with van der Waals surface area (Å²) in [6, 6.07) is 1.79. The van der Waals surface area contributed by atoms with E-state index < -0.39 is 20.7 Å². The van der Waals surface area contributed by atoms with Gasteiger partial charge in [-0.1, -0.05) is 0 Å². The molecule has 0 aliphatic carbocycles. The third-order valence-electron chi connectivity index (χ3n) is 5.63. The summed E-state index contributed by atoms with van der Waals surface area (Å²) < 4.78 is 36.9. The maximum Gasteiger partial charge on any atom is 0.255 e. The lowest BCUT2D eigenvalue weighted by Gasteiger charge is -2.52. The van der Waals surface area contributed by atoms with Gasteiger partial charge in [0.05, 0.1) is 49.5 Å². The van der Waals surface area contributed by atoms with Crippen LogP contribution in [0.5, 0.6) is 0 Å². The van der Waals surface area contributed by atoms with Gasteiger partial charge in [-0.05, 0) is 18.6 Å². The van der Waals surface area contributed by atoms with Crippen molar-refractivity contribution in [3.63, 3.8) is 0 Å². The van der Waals surface area contributed by atoms with Crippen LogP contribution in [0.1, 0.15) is 15.9 Å². The normalized spacial score (nSPS) is 27.3. The van der Waals surface area contributed by atoms with Gasteiger partial charge in [0.1, 0.15) is 5.60 Å². The summed E-state index contributed by atoms with van der Waals surface area (Å²) in [7, 11) is -3.27. The average Bonchev–Trinajstić information content (AvgIpc) is 2.62. The molecule has 4 heterocycles. The molecule has 0 N–H and O–H groups in total. The van der Waals surface area contributed by atoms with E-state index in [1.54, 1.807) is 23.4 Å². The Labute approximate surface area is 159 Å². The Morgan fingerprint density at radius 3 is 2.74 bits per heavy atom. The highest BCUT2D eigenvalue weighted by atomic mass is 32.2. The highest BCUT2D eigenvalue weighted by Crippen LogP contribution is 2.34. The zero-order chi connectivity index (χ0) is 19.1. The zero-order valence-electron chi connectivity index (χ0n) is 15.5. The van der Waals surface area contributed by atoms with Crippen molar-refractivity contribution in [3.05, 3.63) is 29.6 Å². The summed E-state index contributed by atoms with van der Waals surface area (Å²) in [6.07, 6.45) is 3.20. The Morgan fingerprint density at radius 1 is 1.33 bits per heavy atom. The van der Waals surface area contributed by atoms with Crippen LogP contribution in [0.3, 0.4) is 0 Å². The van der Waals surface area contributed by atoms with Gasteiger partial charge >= 0.3 is 0 Å². The summed E-state index contributed by atoms with van der Waals surface area (Å²) in [5.41, 5.74) is 0.654. The van der Waals surface area contributed by atoms with E-state index in [2.05, 4.69) is 9.88 Å². The highest BCUT2D eigenvalue weighted by molar-refractivity contribution is 7.92. The SMILES string of the molecule is Cc1ccncc1C(=O)N1CC2(C1)CS(=O)(=O)[C@@H](CN1CCOCC1)CO2. The van der Waals surface area contributed by atoms with Crippen LogP contribution in [0.25, 0.3) is 0 Å². The van der Waals surface area contributed by atoms with Crippen LogP contribution in [0.15, 0.2) is 18.5 Å². The van der Waals surface area contributed by atoms with E-state index in [1.165, 1.54) is 0 Å². The van der Waals surface area contributed by atoms with Crippen molar-refractivity contribution in [1.29, 1.82) is 0 Å². The van der Waals surface area contributed by atoms with Crippen molar-refractivity contribution >= 4 is 15.7 Å². The first-order valence-corrected chi connectivity index (χ1v) is 11.0. The second-order valence-corrected chi connectivity index (χ2v) is 9.97. The minimum absolute atomic E-state index is 0.0230. The molecule has 1 spiro atoms. The first kappa shape index (κ1) is 18.8. The number of amides is 1. The number of likely N-dealkylation sites (tertiary alicyclic amines) is 1. The number of aryl methyl sites for hydroxylation is 1. The maximum absolute atomic E-state index is 12.8. The number of nitrogens with zero attached hydrogens (tertiary/aromatic N) is 3. The van der Waals surface area contributed by atoms with Crippen molar-refractivity contribution in [2.45, 2.75) is 17.8 Å². The van der Waals surface area contributed by atoms with Crippen LogP contribution in [-0.2, 0) is 19.3 Å². The van der Waals surface area contributed by atoms with E-state index in [0.29, 0.717) is 38.4 Å². The first-order chi connectivity index (χ1) is 12.9. The fourth-order valence-electron chi connectivity index (χ4n) is 3.97. The molecule has 4 rings (SSSR count). The van der Waals surface area contributed by atoms with Crippen LogP contribution in [-0.4, -0.2) is 98.3 Å². The summed E-state index contributed by atoms with van der Waals surface area (Å²) in [5, 5.41) is -0.508. The lowest BCUT2D eigenvalue weighted by Crippen LogP contribution is -2.71. The smallest absolute Gasteiger partial charge is 0.255 e. The third kappa shape index (κ3) is 3.73. The number of sulfone groups is 1. The average molecular weight is 395 g/mol. The third-order valence-corrected chi connectivity index (χ3v) is 7.86. The van der Waals surface area contributed by atoms with Gasteiger partial charge in [0, 0.05) is 32.0 Å². The lowest BCUT2D eigenvalue weighted by molar-refractivity contribution is -0.122. The Morgan fingerprint density at radius 2 is 2.07 bits per heavy atom. The summed E-state index contributed by atoms with van der Waals surface area (Å²) in [4.78, 5) is 20.4. The fourth-order valence-corrected chi connectivity index (χ4v) is 5.92. The molecule has 3 fully saturated rings.